The summed E-state index contributed by atoms with van der Waals surface area (Å²) < 4.78 is 0. The van der Waals surface area contributed by atoms with E-state index in [2.05, 4.69) is 18.7 Å². The maximum Gasteiger partial charge on any atom is 0.137 e. The summed E-state index contributed by atoms with van der Waals surface area (Å²) in [5, 5.41) is 8.81. The van der Waals surface area contributed by atoms with E-state index in [1.165, 1.54) is 0 Å². The van der Waals surface area contributed by atoms with E-state index in [1.807, 2.05) is 7.05 Å². The first-order valence-electron chi connectivity index (χ1n) is 5.86. The summed E-state index contributed by atoms with van der Waals surface area (Å²) in [6, 6.07) is 0. The van der Waals surface area contributed by atoms with E-state index in [4.69, 9.17) is 5.11 Å². The third-order valence-electron chi connectivity index (χ3n) is 3.41. The second kappa shape index (κ2) is 5.61. The normalized spacial score (nSPS) is 32.3. The predicted molar refractivity (Wildman–Crippen MR) is 60.6 cm³/mol. The molecule has 0 bridgehead atoms. The number of nitrogens with zero attached hydrogens (tertiary/aromatic N) is 1. The molecule has 0 amide bonds. The van der Waals surface area contributed by atoms with E-state index >= 15 is 0 Å². The van der Waals surface area contributed by atoms with Crippen molar-refractivity contribution >= 4 is 5.78 Å². The van der Waals surface area contributed by atoms with Crippen LogP contribution in [0.3, 0.4) is 0 Å². The topological polar surface area (TPSA) is 40.5 Å². The summed E-state index contributed by atoms with van der Waals surface area (Å²) in [7, 11) is 1.97. The molecule has 0 spiro atoms. The van der Waals surface area contributed by atoms with Gasteiger partial charge in [-0.2, -0.15) is 0 Å². The molecule has 0 aromatic carbocycles. The van der Waals surface area contributed by atoms with Crippen molar-refractivity contribution in [2.75, 3.05) is 26.7 Å². The number of aliphatic hydroxyl groups excluding tert-OH is 1. The number of hydrogen-bond donors (Lipinski definition) is 1. The number of ketones is 1. The molecule has 1 fully saturated rings. The van der Waals surface area contributed by atoms with Crippen LogP contribution in [-0.4, -0.2) is 42.5 Å². The van der Waals surface area contributed by atoms with Crippen molar-refractivity contribution in [3.05, 3.63) is 0 Å². The van der Waals surface area contributed by atoms with E-state index < -0.39 is 0 Å². The van der Waals surface area contributed by atoms with Crippen molar-refractivity contribution in [3.63, 3.8) is 0 Å². The number of carbonyl (C=O) groups is 1. The first-order chi connectivity index (χ1) is 7.04. The molecule has 3 nitrogen and oxygen atoms in total. The fourth-order valence-electron chi connectivity index (χ4n) is 2.57. The Labute approximate surface area is 92.5 Å². The molecule has 15 heavy (non-hydrogen) atoms. The largest absolute Gasteiger partial charge is 0.395 e. The smallest absolute Gasteiger partial charge is 0.137 e. The van der Waals surface area contributed by atoms with Gasteiger partial charge in [-0.25, -0.2) is 0 Å². The highest BCUT2D eigenvalue weighted by Gasteiger charge is 2.32. The minimum atomic E-state index is 0.169. The fourth-order valence-corrected chi connectivity index (χ4v) is 2.57. The molecule has 1 rings (SSSR count). The Morgan fingerprint density at radius 3 is 2.67 bits per heavy atom. The van der Waals surface area contributed by atoms with Gasteiger partial charge in [0, 0.05) is 25.4 Å². The monoisotopic (exact) mass is 213 g/mol. The van der Waals surface area contributed by atoms with Gasteiger partial charge in [-0.15, -0.1) is 0 Å². The summed E-state index contributed by atoms with van der Waals surface area (Å²) in [4.78, 5) is 13.9. The average Bonchev–Trinajstić information content (AvgIpc) is 2.11. The minimum absolute atomic E-state index is 0.169. The van der Waals surface area contributed by atoms with Crippen LogP contribution in [0.15, 0.2) is 0 Å². The highest BCUT2D eigenvalue weighted by atomic mass is 16.3. The van der Waals surface area contributed by atoms with Crippen LogP contribution in [0, 0.1) is 17.8 Å². The Balaban J connectivity index is 2.49. The SMILES string of the molecule is CC1CC(=O)C(CN(C)CCO)C(C)C1. The van der Waals surface area contributed by atoms with Crippen LogP contribution in [0.2, 0.25) is 0 Å². The van der Waals surface area contributed by atoms with Crippen LogP contribution in [-0.2, 0) is 4.79 Å². The molecule has 3 unspecified atom stereocenters. The van der Waals surface area contributed by atoms with Gasteiger partial charge in [0.2, 0.25) is 0 Å². The maximum absolute atomic E-state index is 11.9. The first-order valence-corrected chi connectivity index (χ1v) is 5.86. The zero-order chi connectivity index (χ0) is 11.4. The Kier molecular flexibility index (Phi) is 4.74. The summed E-state index contributed by atoms with van der Waals surface area (Å²) in [5.74, 6) is 1.62. The summed E-state index contributed by atoms with van der Waals surface area (Å²) in [6.45, 7) is 5.95. The van der Waals surface area contributed by atoms with Crippen molar-refractivity contribution < 1.29 is 9.90 Å². The molecular formula is C12H23NO2. The number of hydrogen-bond acceptors (Lipinski definition) is 3. The minimum Gasteiger partial charge on any atom is -0.395 e. The third-order valence-corrected chi connectivity index (χ3v) is 3.41. The van der Waals surface area contributed by atoms with Gasteiger partial charge in [0.15, 0.2) is 0 Å². The Hall–Kier alpha value is -0.410. The van der Waals surface area contributed by atoms with Crippen LogP contribution in [0.4, 0.5) is 0 Å². The molecule has 88 valence electrons. The van der Waals surface area contributed by atoms with Gasteiger partial charge in [0.25, 0.3) is 0 Å². The second-order valence-corrected chi connectivity index (χ2v) is 5.08. The molecule has 0 radical (unpaired) electrons. The lowest BCUT2D eigenvalue weighted by molar-refractivity contribution is -0.128. The molecule has 3 atom stereocenters. The standard InChI is InChI=1S/C12H23NO2/c1-9-6-10(2)11(12(15)7-9)8-13(3)4-5-14/h9-11,14H,4-8H2,1-3H3. The second-order valence-electron chi connectivity index (χ2n) is 5.08. The number of Topliss-reactive ketones (excluding diaryl/α,β-unsaturated/α-hetero) is 1. The summed E-state index contributed by atoms with van der Waals surface area (Å²) in [5.41, 5.74) is 0. The lowest BCUT2D eigenvalue weighted by Crippen LogP contribution is -2.39. The molecule has 0 aromatic heterocycles. The van der Waals surface area contributed by atoms with E-state index in [-0.39, 0.29) is 12.5 Å². The van der Waals surface area contributed by atoms with Gasteiger partial charge in [-0.3, -0.25) is 4.79 Å². The highest BCUT2D eigenvalue weighted by molar-refractivity contribution is 5.82. The Morgan fingerprint density at radius 2 is 2.13 bits per heavy atom. The van der Waals surface area contributed by atoms with Gasteiger partial charge in [0.1, 0.15) is 5.78 Å². The van der Waals surface area contributed by atoms with Crippen LogP contribution in [0.5, 0.6) is 0 Å². The molecule has 3 heteroatoms. The van der Waals surface area contributed by atoms with E-state index in [0.717, 1.165) is 19.4 Å². The van der Waals surface area contributed by atoms with Crippen LogP contribution >= 0.6 is 0 Å². The third kappa shape index (κ3) is 3.58. The Morgan fingerprint density at radius 1 is 1.47 bits per heavy atom. The molecule has 0 aromatic rings. The molecule has 0 heterocycles. The molecule has 1 aliphatic rings. The van der Waals surface area contributed by atoms with Gasteiger partial charge in [-0.1, -0.05) is 13.8 Å². The van der Waals surface area contributed by atoms with Crippen LogP contribution < -0.4 is 0 Å². The lowest BCUT2D eigenvalue weighted by Gasteiger charge is -2.33. The van der Waals surface area contributed by atoms with Gasteiger partial charge < -0.3 is 10.0 Å². The molecule has 0 aliphatic heterocycles. The lowest BCUT2D eigenvalue weighted by atomic mass is 9.74. The number of carbonyl (C=O) groups excluding carboxylic acids is 1. The van der Waals surface area contributed by atoms with Crippen molar-refractivity contribution in [2.24, 2.45) is 17.8 Å². The van der Waals surface area contributed by atoms with Crippen molar-refractivity contribution in [3.8, 4) is 0 Å². The zero-order valence-corrected chi connectivity index (χ0v) is 10.1. The molecular weight excluding hydrogens is 190 g/mol. The van der Waals surface area contributed by atoms with Crippen LogP contribution in [0.1, 0.15) is 26.7 Å². The van der Waals surface area contributed by atoms with Crippen LogP contribution in [0.25, 0.3) is 0 Å². The van der Waals surface area contributed by atoms with Gasteiger partial charge in [0.05, 0.1) is 6.61 Å². The van der Waals surface area contributed by atoms with Gasteiger partial charge >= 0.3 is 0 Å². The van der Waals surface area contributed by atoms with E-state index in [9.17, 15) is 4.79 Å². The van der Waals surface area contributed by atoms with Crippen molar-refractivity contribution in [1.82, 2.24) is 4.90 Å². The number of aliphatic hydroxyl groups is 1. The highest BCUT2D eigenvalue weighted by Crippen LogP contribution is 2.31. The summed E-state index contributed by atoms with van der Waals surface area (Å²) in [6.07, 6.45) is 1.89. The molecule has 1 saturated carbocycles. The fraction of sp³-hybridized carbons (Fsp3) is 0.917. The van der Waals surface area contributed by atoms with Crippen molar-refractivity contribution in [2.45, 2.75) is 26.7 Å². The zero-order valence-electron chi connectivity index (χ0n) is 10.1. The predicted octanol–water partition coefficient (Wildman–Crippen LogP) is 1.16. The first kappa shape index (κ1) is 12.7. The number of likely N-dealkylation sites (N-methyl/N-ethyl adjacent to an activating group) is 1. The molecule has 0 saturated heterocycles. The summed E-state index contributed by atoms with van der Waals surface area (Å²) >= 11 is 0. The molecule has 1 aliphatic carbocycles. The van der Waals surface area contributed by atoms with E-state index in [1.54, 1.807) is 0 Å². The number of rotatable bonds is 4. The Bertz CT molecular complexity index is 218. The van der Waals surface area contributed by atoms with E-state index in [0.29, 0.717) is 24.2 Å². The average molecular weight is 213 g/mol. The quantitative estimate of drug-likeness (QED) is 0.762. The van der Waals surface area contributed by atoms with Gasteiger partial charge in [-0.05, 0) is 25.3 Å². The van der Waals surface area contributed by atoms with Crippen molar-refractivity contribution in [1.29, 1.82) is 0 Å². The molecule has 1 N–H and O–H groups in total. The maximum atomic E-state index is 11.9.